The van der Waals surface area contributed by atoms with Gasteiger partial charge < -0.3 is 14.8 Å². The summed E-state index contributed by atoms with van der Waals surface area (Å²) in [5.41, 5.74) is 3.88. The maximum Gasteiger partial charge on any atom is 0.247 e. The summed E-state index contributed by atoms with van der Waals surface area (Å²) in [6, 6.07) is 21.6. The maximum absolute atomic E-state index is 13.1. The number of nitrogens with one attached hydrogen (secondary N) is 1. The lowest BCUT2D eigenvalue weighted by molar-refractivity contribution is -0.128. The summed E-state index contributed by atoms with van der Waals surface area (Å²) in [6.45, 7) is 2.92. The van der Waals surface area contributed by atoms with Crippen molar-refractivity contribution in [3.63, 3.8) is 0 Å². The van der Waals surface area contributed by atoms with E-state index in [2.05, 4.69) is 34.3 Å². The predicted octanol–water partition coefficient (Wildman–Crippen LogP) is 4.09. The van der Waals surface area contributed by atoms with Crippen LogP contribution in [0.25, 0.3) is 6.08 Å². The largest absolute Gasteiger partial charge is 0.348 e. The fraction of sp³-hybridized carbons (Fsp3) is 0.167. The zero-order chi connectivity index (χ0) is 20.2. The fourth-order valence-electron chi connectivity index (χ4n) is 3.75. The van der Waals surface area contributed by atoms with Crippen LogP contribution >= 0.6 is 0 Å². The highest BCUT2D eigenvalue weighted by atomic mass is 16.2. The molecule has 1 aliphatic heterocycles. The van der Waals surface area contributed by atoms with E-state index in [1.165, 1.54) is 6.92 Å². The first-order valence-electron chi connectivity index (χ1n) is 9.68. The van der Waals surface area contributed by atoms with Crippen LogP contribution in [0.4, 0.5) is 5.69 Å². The van der Waals surface area contributed by atoms with Gasteiger partial charge >= 0.3 is 0 Å². The average Bonchev–Trinajstić information content (AvgIpc) is 3.21. The molecule has 1 unspecified atom stereocenters. The third kappa shape index (κ3) is 4.14. The molecule has 0 radical (unpaired) electrons. The molecule has 1 aliphatic rings. The van der Waals surface area contributed by atoms with Crippen LogP contribution in [-0.2, 0) is 16.1 Å². The zero-order valence-corrected chi connectivity index (χ0v) is 16.3. The maximum atomic E-state index is 13.1. The number of hydrogen-bond acceptors (Lipinski definition) is 2. The summed E-state index contributed by atoms with van der Waals surface area (Å²) in [4.78, 5) is 26.1. The average molecular weight is 385 g/mol. The third-order valence-corrected chi connectivity index (χ3v) is 5.09. The summed E-state index contributed by atoms with van der Waals surface area (Å²) in [6.07, 6.45) is 5.51. The van der Waals surface area contributed by atoms with Crippen LogP contribution in [0, 0.1) is 0 Å². The number of anilines is 1. The number of amides is 2. The first kappa shape index (κ1) is 18.7. The molecule has 1 N–H and O–H groups in total. The Bertz CT molecular complexity index is 1040. The normalized spacial score (nSPS) is 15.9. The molecule has 0 aliphatic carbocycles. The van der Waals surface area contributed by atoms with Crippen molar-refractivity contribution < 1.29 is 9.59 Å². The second kappa shape index (κ2) is 8.19. The van der Waals surface area contributed by atoms with Crippen molar-refractivity contribution in [3.05, 3.63) is 95.8 Å². The minimum Gasteiger partial charge on any atom is -0.348 e. The standard InChI is InChI=1S/C24H23N3O2/c1-18(28)25-21-12-9-19(10-13-21)11-14-23(29)27-17-16-26-15-5-8-22(26)24(27)20-6-3-2-4-7-20/h2-15,24H,16-17H2,1H3,(H,25,28)/b14-11+. The molecule has 2 amide bonds. The summed E-state index contributed by atoms with van der Waals surface area (Å²) in [5, 5.41) is 2.74. The van der Waals surface area contributed by atoms with Gasteiger partial charge in [0, 0.05) is 43.7 Å². The van der Waals surface area contributed by atoms with Crippen LogP contribution in [0.15, 0.2) is 79.0 Å². The van der Waals surface area contributed by atoms with Crippen molar-refractivity contribution in [2.75, 3.05) is 11.9 Å². The molecule has 2 aromatic carbocycles. The highest BCUT2D eigenvalue weighted by Gasteiger charge is 2.30. The molecule has 5 nitrogen and oxygen atoms in total. The van der Waals surface area contributed by atoms with Gasteiger partial charge in [0.25, 0.3) is 0 Å². The van der Waals surface area contributed by atoms with Crippen molar-refractivity contribution in [3.8, 4) is 0 Å². The second-order valence-corrected chi connectivity index (χ2v) is 7.11. The molecular weight excluding hydrogens is 362 g/mol. The van der Waals surface area contributed by atoms with Gasteiger partial charge in [0.05, 0.1) is 6.04 Å². The molecule has 5 heteroatoms. The van der Waals surface area contributed by atoms with Crippen molar-refractivity contribution in [2.24, 2.45) is 0 Å². The molecule has 0 fully saturated rings. The van der Waals surface area contributed by atoms with E-state index in [1.54, 1.807) is 6.08 Å². The monoisotopic (exact) mass is 385 g/mol. The second-order valence-electron chi connectivity index (χ2n) is 7.11. The summed E-state index contributed by atoms with van der Waals surface area (Å²) in [5.74, 6) is -0.123. The smallest absolute Gasteiger partial charge is 0.247 e. The van der Waals surface area contributed by atoms with Gasteiger partial charge in [-0.15, -0.1) is 0 Å². The molecule has 146 valence electrons. The Morgan fingerprint density at radius 3 is 2.45 bits per heavy atom. The molecular formula is C24H23N3O2. The Labute approximate surface area is 170 Å². The Hall–Kier alpha value is -3.60. The Balaban J connectivity index is 1.55. The topological polar surface area (TPSA) is 54.3 Å². The molecule has 0 bridgehead atoms. The molecule has 1 aromatic heterocycles. The molecule has 3 aromatic rings. The molecule has 0 saturated heterocycles. The predicted molar refractivity (Wildman–Crippen MR) is 114 cm³/mol. The van der Waals surface area contributed by atoms with E-state index in [9.17, 15) is 9.59 Å². The Morgan fingerprint density at radius 1 is 0.966 bits per heavy atom. The van der Waals surface area contributed by atoms with Crippen molar-refractivity contribution in [1.82, 2.24) is 9.47 Å². The van der Waals surface area contributed by atoms with Crippen molar-refractivity contribution in [1.29, 1.82) is 0 Å². The van der Waals surface area contributed by atoms with E-state index >= 15 is 0 Å². The van der Waals surface area contributed by atoms with E-state index in [1.807, 2.05) is 59.5 Å². The van der Waals surface area contributed by atoms with E-state index < -0.39 is 0 Å². The van der Waals surface area contributed by atoms with Gasteiger partial charge in [-0.3, -0.25) is 9.59 Å². The van der Waals surface area contributed by atoms with Gasteiger partial charge in [-0.1, -0.05) is 42.5 Å². The molecule has 2 heterocycles. The van der Waals surface area contributed by atoms with Crippen molar-refractivity contribution in [2.45, 2.75) is 19.5 Å². The quantitative estimate of drug-likeness (QED) is 0.688. The third-order valence-electron chi connectivity index (χ3n) is 5.09. The number of carbonyl (C=O) groups excluding carboxylic acids is 2. The number of aromatic nitrogens is 1. The molecule has 4 rings (SSSR count). The first-order chi connectivity index (χ1) is 14.1. The van der Waals surface area contributed by atoms with Crippen LogP contribution in [0.1, 0.15) is 29.8 Å². The Kier molecular flexibility index (Phi) is 5.29. The lowest BCUT2D eigenvalue weighted by atomic mass is 10.00. The summed E-state index contributed by atoms with van der Waals surface area (Å²) >= 11 is 0. The van der Waals surface area contributed by atoms with Crippen LogP contribution in [-0.4, -0.2) is 27.8 Å². The number of rotatable bonds is 4. The number of hydrogen-bond donors (Lipinski definition) is 1. The lowest BCUT2D eigenvalue weighted by Gasteiger charge is -2.36. The highest BCUT2D eigenvalue weighted by molar-refractivity contribution is 5.93. The van der Waals surface area contributed by atoms with Gasteiger partial charge in [0.2, 0.25) is 11.8 Å². The van der Waals surface area contributed by atoms with Gasteiger partial charge in [-0.05, 0) is 41.5 Å². The van der Waals surface area contributed by atoms with E-state index in [0.717, 1.165) is 29.1 Å². The zero-order valence-electron chi connectivity index (χ0n) is 16.3. The Morgan fingerprint density at radius 2 is 1.72 bits per heavy atom. The number of benzene rings is 2. The molecule has 29 heavy (non-hydrogen) atoms. The van der Waals surface area contributed by atoms with Gasteiger partial charge in [0.15, 0.2) is 0 Å². The molecule has 0 saturated carbocycles. The first-order valence-corrected chi connectivity index (χ1v) is 9.68. The summed E-state index contributed by atoms with van der Waals surface area (Å²) < 4.78 is 2.21. The molecule has 0 spiro atoms. The number of nitrogens with zero attached hydrogens (tertiary/aromatic N) is 2. The number of carbonyl (C=O) groups is 2. The minimum atomic E-state index is -0.106. The highest BCUT2D eigenvalue weighted by Crippen LogP contribution is 2.32. The number of fused-ring (bicyclic) bond motifs is 1. The van der Waals surface area contributed by atoms with E-state index in [0.29, 0.717) is 6.54 Å². The van der Waals surface area contributed by atoms with Crippen LogP contribution in [0.2, 0.25) is 0 Å². The lowest BCUT2D eigenvalue weighted by Crippen LogP contribution is -2.41. The summed E-state index contributed by atoms with van der Waals surface area (Å²) in [7, 11) is 0. The minimum absolute atomic E-state index is 0.0164. The fourth-order valence-corrected chi connectivity index (χ4v) is 3.75. The molecule has 1 atom stereocenters. The SMILES string of the molecule is CC(=O)Nc1ccc(/C=C/C(=O)N2CCn3cccc3C2c2ccccc2)cc1. The van der Waals surface area contributed by atoms with E-state index in [4.69, 9.17) is 0 Å². The van der Waals surface area contributed by atoms with Gasteiger partial charge in [-0.2, -0.15) is 0 Å². The van der Waals surface area contributed by atoms with Gasteiger partial charge in [0.1, 0.15) is 0 Å². The van der Waals surface area contributed by atoms with Crippen LogP contribution < -0.4 is 5.32 Å². The van der Waals surface area contributed by atoms with E-state index in [-0.39, 0.29) is 17.9 Å². The van der Waals surface area contributed by atoms with Crippen LogP contribution in [0.3, 0.4) is 0 Å². The van der Waals surface area contributed by atoms with Crippen molar-refractivity contribution >= 4 is 23.6 Å². The van der Waals surface area contributed by atoms with Gasteiger partial charge in [-0.25, -0.2) is 0 Å². The van der Waals surface area contributed by atoms with Crippen LogP contribution in [0.5, 0.6) is 0 Å².